The SMILES string of the molecule is CN(C)CCCc1ccc(OCCCc2sc(N3CCc4cccc(C(=O)Cc5nc6ccccc6s5)c4C3)nc2C(=O)O)cc1. The lowest BCUT2D eigenvalue weighted by Gasteiger charge is -2.29. The zero-order chi connectivity index (χ0) is 32.0. The Labute approximate surface area is 277 Å². The number of para-hydroxylation sites is 1. The summed E-state index contributed by atoms with van der Waals surface area (Å²) in [7, 11) is 4.17. The molecule has 238 valence electrons. The van der Waals surface area contributed by atoms with E-state index in [1.54, 1.807) is 11.3 Å². The Morgan fingerprint density at radius 1 is 0.957 bits per heavy atom. The molecule has 46 heavy (non-hydrogen) atoms. The number of carbonyl (C=O) groups excluding carboxylic acids is 1. The quantitative estimate of drug-likeness (QED) is 0.102. The molecular weight excluding hydrogens is 617 g/mol. The number of ketones is 1. The molecule has 1 N–H and O–H groups in total. The lowest BCUT2D eigenvalue weighted by atomic mass is 9.92. The number of rotatable bonds is 14. The van der Waals surface area contributed by atoms with Gasteiger partial charge in [0.15, 0.2) is 16.6 Å². The first kappa shape index (κ1) is 31.8. The third-order valence-electron chi connectivity index (χ3n) is 8.19. The molecule has 3 aromatic carbocycles. The van der Waals surface area contributed by atoms with Crippen LogP contribution < -0.4 is 9.64 Å². The Kier molecular flexibility index (Phi) is 10.1. The van der Waals surface area contributed by atoms with E-state index in [0.29, 0.717) is 43.2 Å². The van der Waals surface area contributed by atoms with Crippen molar-refractivity contribution in [3.05, 3.63) is 105 Å². The first-order valence-electron chi connectivity index (χ1n) is 15.7. The predicted molar refractivity (Wildman–Crippen MR) is 185 cm³/mol. The van der Waals surface area contributed by atoms with Crippen LogP contribution in [-0.2, 0) is 32.2 Å². The number of carbonyl (C=O) groups is 2. The van der Waals surface area contributed by atoms with E-state index >= 15 is 0 Å². The molecule has 3 heterocycles. The number of fused-ring (bicyclic) bond motifs is 2. The van der Waals surface area contributed by atoms with Crippen LogP contribution in [0.3, 0.4) is 0 Å². The largest absolute Gasteiger partial charge is 0.494 e. The normalized spacial score (nSPS) is 12.9. The Morgan fingerprint density at radius 2 is 1.78 bits per heavy atom. The van der Waals surface area contributed by atoms with Crippen LogP contribution in [0.15, 0.2) is 66.7 Å². The van der Waals surface area contributed by atoms with Crippen molar-refractivity contribution in [1.82, 2.24) is 14.9 Å². The Morgan fingerprint density at radius 3 is 2.57 bits per heavy atom. The van der Waals surface area contributed by atoms with Crippen LogP contribution in [0, 0.1) is 0 Å². The van der Waals surface area contributed by atoms with Crippen molar-refractivity contribution < 1.29 is 19.4 Å². The van der Waals surface area contributed by atoms with Crippen molar-refractivity contribution in [2.75, 3.05) is 38.7 Å². The molecule has 0 aliphatic carbocycles. The Bertz CT molecular complexity index is 1800. The minimum Gasteiger partial charge on any atom is -0.494 e. The molecule has 0 bridgehead atoms. The summed E-state index contributed by atoms with van der Waals surface area (Å²) in [5.74, 6) is -0.157. The second-order valence-corrected chi connectivity index (χ2v) is 14.0. The molecule has 2 aromatic heterocycles. The highest BCUT2D eigenvalue weighted by atomic mass is 32.1. The van der Waals surface area contributed by atoms with Crippen molar-refractivity contribution in [3.63, 3.8) is 0 Å². The first-order valence-corrected chi connectivity index (χ1v) is 17.3. The van der Waals surface area contributed by atoms with E-state index in [1.807, 2.05) is 48.5 Å². The molecule has 0 spiro atoms. The molecule has 0 fully saturated rings. The van der Waals surface area contributed by atoms with E-state index in [4.69, 9.17) is 4.74 Å². The monoisotopic (exact) mass is 654 g/mol. The van der Waals surface area contributed by atoms with Gasteiger partial charge in [-0.2, -0.15) is 0 Å². The average Bonchev–Trinajstić information content (AvgIpc) is 3.67. The summed E-state index contributed by atoms with van der Waals surface area (Å²) in [6, 6.07) is 22.1. The van der Waals surface area contributed by atoms with Gasteiger partial charge in [0, 0.05) is 23.5 Å². The number of Topliss-reactive ketones (excluding diaryl/α,β-unsaturated/α-hetero) is 1. The van der Waals surface area contributed by atoms with E-state index in [-0.39, 0.29) is 17.9 Å². The highest BCUT2D eigenvalue weighted by Crippen LogP contribution is 2.33. The molecule has 6 rings (SSSR count). The summed E-state index contributed by atoms with van der Waals surface area (Å²) in [6.45, 7) is 2.77. The van der Waals surface area contributed by atoms with Gasteiger partial charge in [0.25, 0.3) is 0 Å². The summed E-state index contributed by atoms with van der Waals surface area (Å²) in [4.78, 5) is 39.9. The van der Waals surface area contributed by atoms with Gasteiger partial charge in [0.2, 0.25) is 0 Å². The molecule has 0 amide bonds. The van der Waals surface area contributed by atoms with Gasteiger partial charge < -0.3 is 19.6 Å². The number of hydrogen-bond donors (Lipinski definition) is 1. The number of thiazole rings is 2. The summed E-state index contributed by atoms with van der Waals surface area (Å²) in [5.41, 5.74) is 5.16. The predicted octanol–water partition coefficient (Wildman–Crippen LogP) is 6.94. The minimum atomic E-state index is -1.02. The highest BCUT2D eigenvalue weighted by Gasteiger charge is 2.26. The Balaban J connectivity index is 1.08. The molecule has 5 aromatic rings. The lowest BCUT2D eigenvalue weighted by Crippen LogP contribution is -2.31. The second-order valence-electron chi connectivity index (χ2n) is 11.9. The maximum absolute atomic E-state index is 13.5. The van der Waals surface area contributed by atoms with Gasteiger partial charge in [-0.3, -0.25) is 4.79 Å². The van der Waals surface area contributed by atoms with Crippen LogP contribution in [0.25, 0.3) is 10.2 Å². The second kappa shape index (κ2) is 14.5. The van der Waals surface area contributed by atoms with Gasteiger partial charge in [-0.1, -0.05) is 42.5 Å². The summed E-state index contributed by atoms with van der Waals surface area (Å²) in [6.07, 6.45) is 4.41. The molecule has 10 heteroatoms. The number of ether oxygens (including phenoxy) is 1. The average molecular weight is 655 g/mol. The van der Waals surface area contributed by atoms with Crippen LogP contribution in [0.1, 0.15) is 60.3 Å². The number of aromatic nitrogens is 2. The first-order chi connectivity index (χ1) is 22.3. The van der Waals surface area contributed by atoms with E-state index in [2.05, 4.69) is 52.1 Å². The molecule has 0 unspecified atom stereocenters. The van der Waals surface area contributed by atoms with Crippen molar-refractivity contribution in [1.29, 1.82) is 0 Å². The van der Waals surface area contributed by atoms with Crippen molar-refractivity contribution in [2.45, 2.75) is 45.1 Å². The molecule has 0 radical (unpaired) electrons. The summed E-state index contributed by atoms with van der Waals surface area (Å²) in [5, 5.41) is 11.4. The van der Waals surface area contributed by atoms with Gasteiger partial charge in [-0.15, -0.1) is 22.7 Å². The number of carboxylic acids is 1. The van der Waals surface area contributed by atoms with E-state index in [1.165, 1.54) is 16.9 Å². The molecule has 0 saturated heterocycles. The van der Waals surface area contributed by atoms with E-state index in [9.17, 15) is 14.7 Å². The lowest BCUT2D eigenvalue weighted by molar-refractivity contribution is 0.0690. The van der Waals surface area contributed by atoms with Gasteiger partial charge in [-0.25, -0.2) is 14.8 Å². The maximum atomic E-state index is 13.5. The van der Waals surface area contributed by atoms with Crippen molar-refractivity contribution in [2.24, 2.45) is 0 Å². The number of aryl methyl sites for hydroxylation is 2. The molecule has 1 aliphatic heterocycles. The molecule has 1 aliphatic rings. The number of benzene rings is 3. The third-order valence-corrected chi connectivity index (χ3v) is 10.4. The standard InChI is InChI=1S/C36H38N4O4S2/c1-39(2)19-6-8-24-14-16-26(17-15-24)44-21-7-13-32-34(35(42)43)38-36(46-32)40-20-18-25-9-5-10-27(28(25)23-40)30(41)22-33-37-29-11-3-4-12-31(29)45-33/h3-5,9-12,14-17H,6-8,13,18-23H2,1-2H3,(H,42,43). The number of hydrogen-bond acceptors (Lipinski definition) is 9. The zero-order valence-corrected chi connectivity index (χ0v) is 27.8. The van der Waals surface area contributed by atoms with Crippen LogP contribution in [-0.4, -0.2) is 65.5 Å². The molecule has 0 saturated carbocycles. The van der Waals surface area contributed by atoms with Gasteiger partial charge in [0.1, 0.15) is 10.8 Å². The van der Waals surface area contributed by atoms with Gasteiger partial charge in [0.05, 0.1) is 23.2 Å². The smallest absolute Gasteiger partial charge is 0.355 e. The fourth-order valence-corrected chi connectivity index (χ4v) is 7.90. The zero-order valence-electron chi connectivity index (χ0n) is 26.2. The van der Waals surface area contributed by atoms with E-state index in [0.717, 1.165) is 62.8 Å². The number of anilines is 1. The van der Waals surface area contributed by atoms with Crippen molar-refractivity contribution >= 4 is 49.8 Å². The van der Waals surface area contributed by atoms with Crippen LogP contribution in [0.2, 0.25) is 0 Å². The molecule has 8 nitrogen and oxygen atoms in total. The number of aromatic carboxylic acids is 1. The fraction of sp³-hybridized carbons (Fsp3) is 0.333. The van der Waals surface area contributed by atoms with Crippen LogP contribution in [0.5, 0.6) is 5.75 Å². The van der Waals surface area contributed by atoms with E-state index < -0.39 is 5.97 Å². The fourth-order valence-electron chi connectivity index (χ4n) is 5.82. The molecular formula is C36H38N4O4S2. The Hall–Kier alpha value is -4.12. The molecule has 0 atom stereocenters. The van der Waals surface area contributed by atoms with Gasteiger partial charge in [-0.05, 0) is 93.7 Å². The van der Waals surface area contributed by atoms with Crippen LogP contribution >= 0.6 is 22.7 Å². The number of carboxylic acid groups (broad SMARTS) is 1. The van der Waals surface area contributed by atoms with Crippen molar-refractivity contribution in [3.8, 4) is 5.75 Å². The maximum Gasteiger partial charge on any atom is 0.355 e. The minimum absolute atomic E-state index is 0.0442. The topological polar surface area (TPSA) is 95.9 Å². The summed E-state index contributed by atoms with van der Waals surface area (Å²) >= 11 is 2.98. The summed E-state index contributed by atoms with van der Waals surface area (Å²) < 4.78 is 7.04. The third kappa shape index (κ3) is 7.63. The number of nitrogens with zero attached hydrogens (tertiary/aromatic N) is 4. The van der Waals surface area contributed by atoms with Crippen LogP contribution in [0.4, 0.5) is 5.13 Å². The highest BCUT2D eigenvalue weighted by molar-refractivity contribution is 7.18. The van der Waals surface area contributed by atoms with Gasteiger partial charge >= 0.3 is 5.97 Å².